The molecule has 0 saturated heterocycles. The van der Waals surface area contributed by atoms with Gasteiger partial charge in [-0.2, -0.15) is 0 Å². The molecule has 0 amide bonds. The van der Waals surface area contributed by atoms with E-state index < -0.39 is 0 Å². The van der Waals surface area contributed by atoms with E-state index >= 15 is 0 Å². The maximum absolute atomic E-state index is 6.01. The number of fused-ring (bicyclic) bond motifs is 1. The van der Waals surface area contributed by atoms with Crippen molar-refractivity contribution in [2.45, 2.75) is 0 Å². The molecule has 2 aromatic rings. The third-order valence-electron chi connectivity index (χ3n) is 1.81. The molecule has 0 saturated carbocycles. The first kappa shape index (κ1) is 9.55. The first-order chi connectivity index (χ1) is 6.24. The molecule has 0 spiro atoms. The molecule has 0 aliphatic rings. The molecule has 4 heteroatoms. The minimum absolute atomic E-state index is 0.801. The Hall–Kier alpha value is -0.0000000000000000833. The fraction of sp³-hybridized carbons (Fsp3) is 0.111. The molecule has 0 aliphatic carbocycles. The van der Waals surface area contributed by atoms with E-state index in [1.165, 1.54) is 0 Å². The summed E-state index contributed by atoms with van der Waals surface area (Å²) in [6, 6.07) is 4.04. The Morgan fingerprint density at radius 2 is 2.23 bits per heavy atom. The van der Waals surface area contributed by atoms with Crippen LogP contribution in [-0.4, -0.2) is 7.11 Å². The summed E-state index contributed by atoms with van der Waals surface area (Å²) >= 11 is 9.88. The van der Waals surface area contributed by atoms with Crippen molar-refractivity contribution in [3.8, 4) is 5.75 Å². The van der Waals surface area contributed by atoms with Crippen molar-refractivity contribution in [1.82, 2.24) is 0 Å². The Labute approximate surface area is 98.8 Å². The SMILES string of the molecule is COc1c(I)ccc2c(Cl)csc12. The van der Waals surface area contributed by atoms with E-state index in [-0.39, 0.29) is 0 Å². The van der Waals surface area contributed by atoms with Crippen molar-refractivity contribution in [3.63, 3.8) is 0 Å². The van der Waals surface area contributed by atoms with E-state index in [2.05, 4.69) is 22.6 Å². The molecule has 0 radical (unpaired) electrons. The summed E-state index contributed by atoms with van der Waals surface area (Å²) in [6.45, 7) is 0. The van der Waals surface area contributed by atoms with Gasteiger partial charge in [0, 0.05) is 10.8 Å². The lowest BCUT2D eigenvalue weighted by Crippen LogP contribution is -1.85. The van der Waals surface area contributed by atoms with Gasteiger partial charge in [0.1, 0.15) is 5.75 Å². The van der Waals surface area contributed by atoms with Gasteiger partial charge >= 0.3 is 0 Å². The van der Waals surface area contributed by atoms with Crippen LogP contribution in [0.4, 0.5) is 0 Å². The number of halogens is 2. The molecule has 1 heterocycles. The molecule has 1 nitrogen and oxygen atoms in total. The van der Waals surface area contributed by atoms with E-state index in [4.69, 9.17) is 16.3 Å². The van der Waals surface area contributed by atoms with Gasteiger partial charge < -0.3 is 4.74 Å². The van der Waals surface area contributed by atoms with Gasteiger partial charge in [0.05, 0.1) is 20.4 Å². The third-order valence-corrected chi connectivity index (χ3v) is 4.09. The molecule has 0 unspecified atom stereocenters. The van der Waals surface area contributed by atoms with E-state index in [9.17, 15) is 0 Å². The zero-order valence-electron chi connectivity index (χ0n) is 6.80. The lowest BCUT2D eigenvalue weighted by Gasteiger charge is -2.03. The van der Waals surface area contributed by atoms with E-state index in [0.717, 1.165) is 24.4 Å². The lowest BCUT2D eigenvalue weighted by atomic mass is 10.2. The quantitative estimate of drug-likeness (QED) is 0.716. The van der Waals surface area contributed by atoms with Crippen LogP contribution in [0.25, 0.3) is 10.1 Å². The maximum atomic E-state index is 6.01. The molecule has 1 aromatic heterocycles. The normalized spacial score (nSPS) is 10.7. The summed E-state index contributed by atoms with van der Waals surface area (Å²) in [5, 5.41) is 3.81. The average Bonchev–Trinajstić information content (AvgIpc) is 2.48. The van der Waals surface area contributed by atoms with Gasteiger partial charge in [0.2, 0.25) is 0 Å². The molecule has 0 atom stereocenters. The second-order valence-corrected chi connectivity index (χ2v) is 4.99. The summed E-state index contributed by atoms with van der Waals surface area (Å²) < 4.78 is 7.56. The van der Waals surface area contributed by atoms with Crippen LogP contribution in [0.5, 0.6) is 5.75 Å². The number of ether oxygens (including phenoxy) is 1. The topological polar surface area (TPSA) is 9.23 Å². The molecule has 13 heavy (non-hydrogen) atoms. The van der Waals surface area contributed by atoms with Crippen LogP contribution in [0.2, 0.25) is 5.02 Å². The van der Waals surface area contributed by atoms with Crippen LogP contribution >= 0.6 is 45.5 Å². The van der Waals surface area contributed by atoms with Crippen LogP contribution in [0.15, 0.2) is 17.5 Å². The van der Waals surface area contributed by atoms with Gasteiger partial charge in [0.15, 0.2) is 0 Å². The Bertz CT molecular complexity index is 452. The van der Waals surface area contributed by atoms with Crippen LogP contribution in [0.1, 0.15) is 0 Å². The lowest BCUT2D eigenvalue weighted by molar-refractivity contribution is 0.417. The van der Waals surface area contributed by atoms with Gasteiger partial charge in [-0.05, 0) is 28.7 Å². The first-order valence-electron chi connectivity index (χ1n) is 3.63. The zero-order chi connectivity index (χ0) is 9.42. The van der Waals surface area contributed by atoms with E-state index in [1.807, 2.05) is 17.5 Å². The highest BCUT2D eigenvalue weighted by atomic mass is 127. The van der Waals surface area contributed by atoms with Crippen LogP contribution in [0, 0.1) is 3.57 Å². The van der Waals surface area contributed by atoms with Crippen molar-refractivity contribution in [2.75, 3.05) is 7.11 Å². The molecular formula is C9H6ClIOS. The third kappa shape index (κ3) is 1.53. The molecule has 1 aromatic carbocycles. The van der Waals surface area contributed by atoms with Crippen LogP contribution < -0.4 is 4.74 Å². The minimum atomic E-state index is 0.801. The number of methoxy groups -OCH3 is 1. The monoisotopic (exact) mass is 324 g/mol. The molecule has 0 N–H and O–H groups in total. The second-order valence-electron chi connectivity index (χ2n) is 2.54. The summed E-state index contributed by atoms with van der Waals surface area (Å²) in [4.78, 5) is 0. The largest absolute Gasteiger partial charge is 0.494 e. The van der Waals surface area contributed by atoms with Gasteiger partial charge in [-0.15, -0.1) is 11.3 Å². The fourth-order valence-electron chi connectivity index (χ4n) is 1.21. The zero-order valence-corrected chi connectivity index (χ0v) is 10.5. The number of benzene rings is 1. The molecule has 2 rings (SSSR count). The van der Waals surface area contributed by atoms with Crippen molar-refractivity contribution in [2.24, 2.45) is 0 Å². The van der Waals surface area contributed by atoms with Gasteiger partial charge in [-0.3, -0.25) is 0 Å². The molecule has 68 valence electrons. The predicted molar refractivity (Wildman–Crippen MR) is 66.1 cm³/mol. The Kier molecular flexibility index (Phi) is 2.67. The Balaban J connectivity index is 2.85. The van der Waals surface area contributed by atoms with E-state index in [0.29, 0.717) is 0 Å². The smallest absolute Gasteiger partial charge is 0.150 e. The highest BCUT2D eigenvalue weighted by Gasteiger charge is 2.09. The maximum Gasteiger partial charge on any atom is 0.150 e. The number of hydrogen-bond donors (Lipinski definition) is 0. The Morgan fingerprint density at radius 1 is 1.46 bits per heavy atom. The fourth-order valence-corrected chi connectivity index (χ4v) is 3.36. The van der Waals surface area contributed by atoms with Crippen molar-refractivity contribution in [3.05, 3.63) is 26.1 Å². The van der Waals surface area contributed by atoms with Crippen LogP contribution in [-0.2, 0) is 0 Å². The summed E-state index contributed by atoms with van der Waals surface area (Å²) in [6.07, 6.45) is 0. The van der Waals surface area contributed by atoms with Gasteiger partial charge in [0.25, 0.3) is 0 Å². The average molecular weight is 325 g/mol. The summed E-state index contributed by atoms with van der Waals surface area (Å²) in [7, 11) is 1.69. The minimum Gasteiger partial charge on any atom is -0.494 e. The molecular weight excluding hydrogens is 319 g/mol. The molecule has 0 aliphatic heterocycles. The number of hydrogen-bond acceptors (Lipinski definition) is 2. The Morgan fingerprint density at radius 3 is 2.92 bits per heavy atom. The van der Waals surface area contributed by atoms with Gasteiger partial charge in [-0.1, -0.05) is 17.7 Å². The highest BCUT2D eigenvalue weighted by molar-refractivity contribution is 14.1. The predicted octanol–water partition coefficient (Wildman–Crippen LogP) is 4.17. The molecule has 0 bridgehead atoms. The van der Waals surface area contributed by atoms with Gasteiger partial charge in [-0.25, -0.2) is 0 Å². The van der Waals surface area contributed by atoms with Crippen molar-refractivity contribution < 1.29 is 4.74 Å². The number of thiophene rings is 1. The van der Waals surface area contributed by atoms with Crippen molar-refractivity contribution >= 4 is 55.6 Å². The van der Waals surface area contributed by atoms with Crippen molar-refractivity contribution in [1.29, 1.82) is 0 Å². The number of rotatable bonds is 1. The molecule has 0 fully saturated rings. The highest BCUT2D eigenvalue weighted by Crippen LogP contribution is 2.38. The van der Waals surface area contributed by atoms with E-state index in [1.54, 1.807) is 18.4 Å². The standard InChI is InChI=1S/C9H6ClIOS/c1-12-8-7(11)3-2-5-6(10)4-13-9(5)8/h2-4H,1H3. The van der Waals surface area contributed by atoms with Crippen LogP contribution in [0.3, 0.4) is 0 Å². The first-order valence-corrected chi connectivity index (χ1v) is 5.97. The second kappa shape index (κ2) is 3.63. The summed E-state index contributed by atoms with van der Waals surface area (Å²) in [5.41, 5.74) is 0. The summed E-state index contributed by atoms with van der Waals surface area (Å²) in [5.74, 6) is 0.926.